The SMILES string of the molecule is COC(Cn1c(-c2cccnc2)ncc(NC(=O)OCc2ccccc2)c1=O)OC. The molecule has 9 heteroatoms. The summed E-state index contributed by atoms with van der Waals surface area (Å²) in [6.07, 6.45) is 3.07. The van der Waals surface area contributed by atoms with Gasteiger partial charge < -0.3 is 14.2 Å². The van der Waals surface area contributed by atoms with Gasteiger partial charge in [-0.25, -0.2) is 9.78 Å². The monoisotopic (exact) mass is 410 g/mol. The van der Waals surface area contributed by atoms with Crippen molar-refractivity contribution in [2.75, 3.05) is 19.5 Å². The minimum Gasteiger partial charge on any atom is -0.444 e. The van der Waals surface area contributed by atoms with Gasteiger partial charge in [-0.1, -0.05) is 30.3 Å². The molecule has 9 nitrogen and oxygen atoms in total. The Kier molecular flexibility index (Phi) is 7.25. The van der Waals surface area contributed by atoms with E-state index < -0.39 is 17.9 Å². The molecule has 156 valence electrons. The Morgan fingerprint density at radius 2 is 1.87 bits per heavy atom. The average Bonchev–Trinajstić information content (AvgIpc) is 2.79. The van der Waals surface area contributed by atoms with Gasteiger partial charge in [0.2, 0.25) is 0 Å². The van der Waals surface area contributed by atoms with E-state index in [-0.39, 0.29) is 18.8 Å². The molecule has 0 fully saturated rings. The summed E-state index contributed by atoms with van der Waals surface area (Å²) in [4.78, 5) is 33.6. The van der Waals surface area contributed by atoms with Gasteiger partial charge in [0.05, 0.1) is 12.7 Å². The van der Waals surface area contributed by atoms with Crippen LogP contribution in [0.3, 0.4) is 0 Å². The van der Waals surface area contributed by atoms with Gasteiger partial charge in [0.1, 0.15) is 18.1 Å². The van der Waals surface area contributed by atoms with Crippen molar-refractivity contribution in [3.05, 3.63) is 77.0 Å². The summed E-state index contributed by atoms with van der Waals surface area (Å²) in [7, 11) is 2.94. The quantitative estimate of drug-likeness (QED) is 0.569. The van der Waals surface area contributed by atoms with Crippen LogP contribution in [0.15, 0.2) is 65.8 Å². The molecule has 0 atom stereocenters. The fourth-order valence-electron chi connectivity index (χ4n) is 2.74. The molecule has 0 saturated heterocycles. The Morgan fingerprint density at radius 1 is 1.10 bits per heavy atom. The van der Waals surface area contributed by atoms with E-state index in [1.54, 1.807) is 24.5 Å². The third-order valence-corrected chi connectivity index (χ3v) is 4.27. The highest BCUT2D eigenvalue weighted by Gasteiger charge is 2.18. The van der Waals surface area contributed by atoms with Crippen molar-refractivity contribution in [1.82, 2.24) is 14.5 Å². The number of ether oxygens (including phenoxy) is 3. The number of nitrogens with one attached hydrogen (secondary N) is 1. The molecule has 1 aromatic carbocycles. The van der Waals surface area contributed by atoms with Crippen LogP contribution in [-0.2, 0) is 27.4 Å². The molecule has 1 amide bonds. The van der Waals surface area contributed by atoms with Gasteiger partial charge >= 0.3 is 6.09 Å². The first-order valence-corrected chi connectivity index (χ1v) is 9.16. The number of pyridine rings is 1. The number of nitrogens with zero attached hydrogens (tertiary/aromatic N) is 3. The molecule has 2 aromatic heterocycles. The molecular weight excluding hydrogens is 388 g/mol. The molecule has 0 radical (unpaired) electrons. The minimum atomic E-state index is -0.756. The van der Waals surface area contributed by atoms with E-state index >= 15 is 0 Å². The van der Waals surface area contributed by atoms with Gasteiger partial charge in [0.15, 0.2) is 6.29 Å². The lowest BCUT2D eigenvalue weighted by Crippen LogP contribution is -2.33. The third kappa shape index (κ3) is 5.28. The van der Waals surface area contributed by atoms with Crippen LogP contribution in [-0.4, -0.2) is 41.1 Å². The summed E-state index contributed by atoms with van der Waals surface area (Å²) >= 11 is 0. The van der Waals surface area contributed by atoms with Gasteiger partial charge in [0.25, 0.3) is 5.56 Å². The van der Waals surface area contributed by atoms with Crippen LogP contribution in [0.4, 0.5) is 10.5 Å². The van der Waals surface area contributed by atoms with Crippen LogP contribution in [0.5, 0.6) is 0 Å². The maximum absolute atomic E-state index is 13.1. The zero-order valence-corrected chi connectivity index (χ0v) is 16.6. The number of amides is 1. The van der Waals surface area contributed by atoms with Gasteiger partial charge in [-0.2, -0.15) is 0 Å². The molecule has 0 unspecified atom stereocenters. The second-order valence-electron chi connectivity index (χ2n) is 6.24. The summed E-state index contributed by atoms with van der Waals surface area (Å²) in [6.45, 7) is 0.148. The Morgan fingerprint density at radius 3 is 2.53 bits per heavy atom. The summed E-state index contributed by atoms with van der Waals surface area (Å²) < 4.78 is 17.0. The first-order valence-electron chi connectivity index (χ1n) is 9.16. The molecule has 0 aliphatic rings. The summed E-state index contributed by atoms with van der Waals surface area (Å²) in [5, 5.41) is 2.45. The number of anilines is 1. The number of hydrogen-bond donors (Lipinski definition) is 1. The normalized spacial score (nSPS) is 10.8. The lowest BCUT2D eigenvalue weighted by Gasteiger charge is -2.18. The highest BCUT2D eigenvalue weighted by atomic mass is 16.7. The van der Waals surface area contributed by atoms with E-state index in [4.69, 9.17) is 14.2 Å². The number of hydrogen-bond acceptors (Lipinski definition) is 7. The molecular formula is C21H22N4O5. The van der Waals surface area contributed by atoms with Crippen LogP contribution in [0, 0.1) is 0 Å². The number of rotatable bonds is 8. The summed E-state index contributed by atoms with van der Waals surface area (Å²) in [6, 6.07) is 12.7. The highest BCUT2D eigenvalue weighted by Crippen LogP contribution is 2.16. The minimum absolute atomic E-state index is 0.0216. The first kappa shape index (κ1) is 21.2. The number of benzene rings is 1. The highest BCUT2D eigenvalue weighted by molar-refractivity contribution is 5.84. The number of aromatic nitrogens is 3. The number of carbonyl (C=O) groups excluding carboxylic acids is 1. The molecule has 2 heterocycles. The molecule has 1 N–H and O–H groups in total. The van der Waals surface area contributed by atoms with Crippen LogP contribution >= 0.6 is 0 Å². The summed E-state index contributed by atoms with van der Waals surface area (Å²) in [5.41, 5.74) is 0.975. The van der Waals surface area contributed by atoms with Gasteiger partial charge in [-0.05, 0) is 17.7 Å². The number of carbonyl (C=O) groups is 1. The van der Waals surface area contributed by atoms with Crippen molar-refractivity contribution in [2.24, 2.45) is 0 Å². The Bertz CT molecular complexity index is 1020. The molecule has 0 bridgehead atoms. The molecule has 0 aliphatic heterocycles. The van der Waals surface area contributed by atoms with Crippen molar-refractivity contribution in [1.29, 1.82) is 0 Å². The molecule has 0 saturated carbocycles. The van der Waals surface area contributed by atoms with Crippen LogP contribution in [0.25, 0.3) is 11.4 Å². The van der Waals surface area contributed by atoms with Gasteiger partial charge in [0, 0.05) is 32.2 Å². The van der Waals surface area contributed by atoms with Gasteiger partial charge in [-0.3, -0.25) is 19.7 Å². The van der Waals surface area contributed by atoms with Gasteiger partial charge in [-0.15, -0.1) is 0 Å². The van der Waals surface area contributed by atoms with E-state index in [9.17, 15) is 9.59 Å². The Labute approximate surface area is 173 Å². The van der Waals surface area contributed by atoms with Crippen LogP contribution in [0.2, 0.25) is 0 Å². The lowest BCUT2D eigenvalue weighted by molar-refractivity contribution is -0.111. The zero-order chi connectivity index (χ0) is 21.3. The van der Waals surface area contributed by atoms with E-state index in [2.05, 4.69) is 15.3 Å². The predicted octanol–water partition coefficient (Wildman–Crippen LogP) is 2.67. The third-order valence-electron chi connectivity index (χ3n) is 4.27. The first-order chi connectivity index (χ1) is 14.6. The second kappa shape index (κ2) is 10.3. The van der Waals surface area contributed by atoms with Crippen molar-refractivity contribution in [3.8, 4) is 11.4 Å². The molecule has 3 rings (SSSR count). The molecule has 0 spiro atoms. The summed E-state index contributed by atoms with van der Waals surface area (Å²) in [5.74, 6) is 0.371. The zero-order valence-electron chi connectivity index (χ0n) is 16.6. The smallest absolute Gasteiger partial charge is 0.412 e. The maximum Gasteiger partial charge on any atom is 0.412 e. The van der Waals surface area contributed by atoms with E-state index in [1.807, 2.05) is 30.3 Å². The van der Waals surface area contributed by atoms with Crippen molar-refractivity contribution >= 4 is 11.8 Å². The fraction of sp³-hybridized carbons (Fsp3) is 0.238. The lowest BCUT2D eigenvalue weighted by atomic mass is 10.2. The van der Waals surface area contributed by atoms with E-state index in [1.165, 1.54) is 25.0 Å². The second-order valence-corrected chi connectivity index (χ2v) is 6.24. The average molecular weight is 410 g/mol. The fourth-order valence-corrected chi connectivity index (χ4v) is 2.74. The van der Waals surface area contributed by atoms with Crippen molar-refractivity contribution in [2.45, 2.75) is 19.4 Å². The van der Waals surface area contributed by atoms with Crippen LogP contribution < -0.4 is 10.9 Å². The molecule has 0 aliphatic carbocycles. The van der Waals surface area contributed by atoms with Crippen LogP contribution in [0.1, 0.15) is 5.56 Å². The Hall–Kier alpha value is -3.56. The standard InChI is InChI=1S/C21H22N4O5/c1-28-18(29-2)13-25-19(16-9-6-10-22-11-16)23-12-17(20(25)26)24-21(27)30-14-15-7-4-3-5-8-15/h3-12,18H,13-14H2,1-2H3,(H,24,27). The van der Waals surface area contributed by atoms with Crippen molar-refractivity contribution in [3.63, 3.8) is 0 Å². The number of methoxy groups -OCH3 is 2. The van der Waals surface area contributed by atoms with E-state index in [0.717, 1.165) is 5.56 Å². The van der Waals surface area contributed by atoms with E-state index in [0.29, 0.717) is 11.4 Å². The molecule has 3 aromatic rings. The topological polar surface area (TPSA) is 105 Å². The maximum atomic E-state index is 13.1. The Balaban J connectivity index is 1.84. The predicted molar refractivity (Wildman–Crippen MR) is 110 cm³/mol. The largest absolute Gasteiger partial charge is 0.444 e. The molecule has 30 heavy (non-hydrogen) atoms. The van der Waals surface area contributed by atoms with Crippen molar-refractivity contribution < 1.29 is 19.0 Å².